The van der Waals surface area contributed by atoms with Gasteiger partial charge >= 0.3 is 0 Å². The van der Waals surface area contributed by atoms with E-state index in [-0.39, 0.29) is 10.6 Å². The standard InChI is InChI=1S/C18H19NO2/c1-15(19(20)21)14-18-12-10-17(11-13-18)9-5-8-16-6-3-2-4-7-16/h2-4,6-7,10-14H,5,8-9H2,1H3/b15-14+. The Bertz CT molecular complexity index is 615. The third-order valence-corrected chi connectivity index (χ3v) is 3.42. The van der Waals surface area contributed by atoms with Crippen LogP contribution in [0.4, 0.5) is 0 Å². The van der Waals surface area contributed by atoms with Gasteiger partial charge in [0.15, 0.2) is 0 Å². The van der Waals surface area contributed by atoms with Crippen molar-refractivity contribution in [2.75, 3.05) is 0 Å². The molecular formula is C18H19NO2. The summed E-state index contributed by atoms with van der Waals surface area (Å²) in [5, 5.41) is 10.6. The van der Waals surface area contributed by atoms with E-state index in [2.05, 4.69) is 24.3 Å². The zero-order chi connectivity index (χ0) is 15.1. The Labute approximate surface area is 125 Å². The molecule has 0 amide bonds. The number of nitrogens with zero attached hydrogens (tertiary/aromatic N) is 1. The van der Waals surface area contributed by atoms with Crippen LogP contribution < -0.4 is 0 Å². The first-order chi connectivity index (χ1) is 10.1. The van der Waals surface area contributed by atoms with Gasteiger partial charge in [-0.2, -0.15) is 0 Å². The highest BCUT2D eigenvalue weighted by Gasteiger charge is 2.02. The molecule has 0 heterocycles. The average Bonchev–Trinajstić information content (AvgIpc) is 2.50. The maximum absolute atomic E-state index is 10.6. The van der Waals surface area contributed by atoms with Crippen LogP contribution in [-0.4, -0.2) is 4.92 Å². The van der Waals surface area contributed by atoms with E-state index in [9.17, 15) is 10.1 Å². The van der Waals surface area contributed by atoms with E-state index in [1.807, 2.05) is 30.3 Å². The van der Waals surface area contributed by atoms with Crippen LogP contribution in [0.1, 0.15) is 30.0 Å². The molecule has 0 radical (unpaired) electrons. The second-order valence-corrected chi connectivity index (χ2v) is 5.12. The van der Waals surface area contributed by atoms with Crippen molar-refractivity contribution >= 4 is 6.08 Å². The van der Waals surface area contributed by atoms with Gasteiger partial charge in [0.1, 0.15) is 0 Å². The molecule has 0 spiro atoms. The summed E-state index contributed by atoms with van der Waals surface area (Å²) >= 11 is 0. The van der Waals surface area contributed by atoms with Crippen molar-refractivity contribution in [1.82, 2.24) is 0 Å². The second kappa shape index (κ2) is 7.39. The Hall–Kier alpha value is -2.42. The molecule has 0 fully saturated rings. The minimum Gasteiger partial charge on any atom is -0.259 e. The molecule has 0 aliphatic rings. The van der Waals surface area contributed by atoms with E-state index in [4.69, 9.17) is 0 Å². The maximum atomic E-state index is 10.6. The molecule has 2 aromatic carbocycles. The van der Waals surface area contributed by atoms with Gasteiger partial charge in [-0.3, -0.25) is 10.1 Å². The molecule has 2 rings (SSSR count). The van der Waals surface area contributed by atoms with Crippen LogP contribution in [0.5, 0.6) is 0 Å². The lowest BCUT2D eigenvalue weighted by Gasteiger charge is -2.03. The molecule has 21 heavy (non-hydrogen) atoms. The highest BCUT2D eigenvalue weighted by molar-refractivity contribution is 5.51. The molecule has 0 aromatic heterocycles. The lowest BCUT2D eigenvalue weighted by Crippen LogP contribution is -1.93. The van der Waals surface area contributed by atoms with Gasteiger partial charge in [-0.15, -0.1) is 0 Å². The first-order valence-electron chi connectivity index (χ1n) is 7.11. The zero-order valence-corrected chi connectivity index (χ0v) is 12.2. The van der Waals surface area contributed by atoms with Crippen molar-refractivity contribution in [3.05, 3.63) is 87.1 Å². The molecule has 0 saturated heterocycles. The quantitative estimate of drug-likeness (QED) is 0.578. The third-order valence-electron chi connectivity index (χ3n) is 3.42. The van der Waals surface area contributed by atoms with Gasteiger partial charge in [0.2, 0.25) is 5.70 Å². The topological polar surface area (TPSA) is 43.1 Å². The predicted molar refractivity (Wildman–Crippen MR) is 85.6 cm³/mol. The van der Waals surface area contributed by atoms with Crippen LogP contribution in [0.2, 0.25) is 0 Å². The van der Waals surface area contributed by atoms with E-state index in [0.29, 0.717) is 0 Å². The molecule has 0 aliphatic carbocycles. The van der Waals surface area contributed by atoms with Crippen LogP contribution >= 0.6 is 0 Å². The number of hydrogen-bond acceptors (Lipinski definition) is 2. The van der Waals surface area contributed by atoms with E-state index < -0.39 is 0 Å². The van der Waals surface area contributed by atoms with Gasteiger partial charge in [0.05, 0.1) is 4.92 Å². The summed E-state index contributed by atoms with van der Waals surface area (Å²) in [6.07, 6.45) is 4.79. The molecule has 0 saturated carbocycles. The van der Waals surface area contributed by atoms with Gasteiger partial charge in [0.25, 0.3) is 0 Å². The zero-order valence-electron chi connectivity index (χ0n) is 12.2. The smallest absolute Gasteiger partial charge is 0.243 e. The summed E-state index contributed by atoms with van der Waals surface area (Å²) in [4.78, 5) is 10.2. The molecule has 3 nitrogen and oxygen atoms in total. The summed E-state index contributed by atoms with van der Waals surface area (Å²) in [6.45, 7) is 1.51. The van der Waals surface area contributed by atoms with Gasteiger partial charge < -0.3 is 0 Å². The number of nitro groups is 1. The molecule has 3 heteroatoms. The van der Waals surface area contributed by atoms with Crippen LogP contribution in [0.25, 0.3) is 6.08 Å². The highest BCUT2D eigenvalue weighted by Crippen LogP contribution is 2.12. The van der Waals surface area contributed by atoms with Gasteiger partial charge in [-0.25, -0.2) is 0 Å². The van der Waals surface area contributed by atoms with Crippen molar-refractivity contribution in [3.8, 4) is 0 Å². The van der Waals surface area contributed by atoms with Crippen molar-refractivity contribution in [2.45, 2.75) is 26.2 Å². The van der Waals surface area contributed by atoms with Crippen molar-refractivity contribution in [1.29, 1.82) is 0 Å². The molecule has 108 valence electrons. The van der Waals surface area contributed by atoms with Crippen molar-refractivity contribution in [2.24, 2.45) is 0 Å². The molecule has 0 unspecified atom stereocenters. The van der Waals surface area contributed by atoms with Crippen molar-refractivity contribution < 1.29 is 4.92 Å². The Balaban J connectivity index is 1.88. The monoisotopic (exact) mass is 281 g/mol. The predicted octanol–water partition coefficient (Wildman–Crippen LogP) is 4.50. The minimum atomic E-state index is -0.367. The molecule has 2 aromatic rings. The lowest BCUT2D eigenvalue weighted by atomic mass is 10.0. The van der Waals surface area contributed by atoms with Crippen molar-refractivity contribution in [3.63, 3.8) is 0 Å². The number of hydrogen-bond donors (Lipinski definition) is 0. The Kier molecular flexibility index (Phi) is 5.27. The van der Waals surface area contributed by atoms with E-state index >= 15 is 0 Å². The Morgan fingerprint density at radius 2 is 1.57 bits per heavy atom. The SMILES string of the molecule is C/C(=C\c1ccc(CCCc2ccccc2)cc1)[N+](=O)[O-]. The summed E-state index contributed by atoms with van der Waals surface area (Å²) in [7, 11) is 0. The Morgan fingerprint density at radius 1 is 1.00 bits per heavy atom. The first-order valence-corrected chi connectivity index (χ1v) is 7.11. The molecule has 0 aliphatic heterocycles. The third kappa shape index (κ3) is 4.88. The fraction of sp³-hybridized carbons (Fsp3) is 0.222. The molecular weight excluding hydrogens is 262 g/mol. The fourth-order valence-corrected chi connectivity index (χ4v) is 2.22. The van der Waals surface area contributed by atoms with Crippen LogP contribution in [0.3, 0.4) is 0 Å². The summed E-state index contributed by atoms with van der Waals surface area (Å²) < 4.78 is 0. The number of allylic oxidation sites excluding steroid dienone is 1. The normalized spacial score (nSPS) is 11.4. The fourth-order valence-electron chi connectivity index (χ4n) is 2.22. The van der Waals surface area contributed by atoms with E-state index in [1.54, 1.807) is 6.08 Å². The van der Waals surface area contributed by atoms with E-state index in [1.165, 1.54) is 18.1 Å². The molecule has 0 atom stereocenters. The Morgan fingerprint density at radius 3 is 2.14 bits per heavy atom. The molecule has 0 N–H and O–H groups in total. The van der Waals surface area contributed by atoms with E-state index in [0.717, 1.165) is 24.8 Å². The minimum absolute atomic E-state index is 0.159. The van der Waals surface area contributed by atoms with Crippen LogP contribution in [0.15, 0.2) is 60.3 Å². The van der Waals surface area contributed by atoms with Crippen LogP contribution in [-0.2, 0) is 12.8 Å². The summed E-state index contributed by atoms with van der Waals surface area (Å²) in [5.41, 5.74) is 3.66. The first kappa shape index (κ1) is 15.0. The average molecular weight is 281 g/mol. The second-order valence-electron chi connectivity index (χ2n) is 5.12. The summed E-state index contributed by atoms with van der Waals surface area (Å²) in [6, 6.07) is 18.4. The maximum Gasteiger partial charge on any atom is 0.243 e. The van der Waals surface area contributed by atoms with Gasteiger partial charge in [-0.05, 0) is 36.0 Å². The largest absolute Gasteiger partial charge is 0.259 e. The molecule has 0 bridgehead atoms. The van der Waals surface area contributed by atoms with Gasteiger partial charge in [0, 0.05) is 13.0 Å². The number of aryl methyl sites for hydroxylation is 2. The van der Waals surface area contributed by atoms with Gasteiger partial charge in [-0.1, -0.05) is 54.6 Å². The summed E-state index contributed by atoms with van der Waals surface area (Å²) in [5.74, 6) is 0. The number of rotatable bonds is 6. The van der Waals surface area contributed by atoms with Crippen LogP contribution in [0, 0.1) is 10.1 Å². The lowest BCUT2D eigenvalue weighted by molar-refractivity contribution is -0.422. The number of benzene rings is 2. The highest BCUT2D eigenvalue weighted by atomic mass is 16.6.